The number of sulfonamides is 1. The molecule has 0 saturated carbocycles. The molecule has 0 heterocycles. The first-order valence-corrected chi connectivity index (χ1v) is 13.0. The normalized spacial score (nSPS) is 12.0. The Hall–Kier alpha value is -3.43. The van der Waals surface area contributed by atoms with E-state index in [0.29, 0.717) is 16.1 Å². The molecule has 0 fully saturated rings. The summed E-state index contributed by atoms with van der Waals surface area (Å²) in [4.78, 5) is 27.4. The third kappa shape index (κ3) is 6.22. The van der Waals surface area contributed by atoms with Crippen LogP contribution >= 0.6 is 11.6 Å². The molecule has 7 nitrogen and oxygen atoms in total. The van der Waals surface area contributed by atoms with Crippen molar-refractivity contribution in [2.45, 2.75) is 31.3 Å². The SMILES string of the molecule is CNC(=O)[C@H](C)N(Cc1ccc(F)cc1)C(=O)CN(c1ccc(Cl)cc1C)S(=O)(=O)c1ccccc1. The zero-order chi connectivity index (χ0) is 26.5. The number of carbonyl (C=O) groups is 2. The third-order valence-corrected chi connectivity index (χ3v) is 7.73. The minimum atomic E-state index is -4.16. The standard InChI is InChI=1S/C26H27ClFN3O4S/c1-18-15-21(27)11-14-24(18)31(36(34,35)23-7-5-4-6-8-23)17-25(32)30(19(2)26(33)29-3)16-20-9-12-22(28)13-10-20/h4-15,19H,16-17H2,1-3H3,(H,29,33)/t19-/m0/s1. The fourth-order valence-corrected chi connectivity index (χ4v) is 5.44. The van der Waals surface area contributed by atoms with E-state index in [-0.39, 0.29) is 17.1 Å². The molecule has 0 aliphatic rings. The van der Waals surface area contributed by atoms with Crippen molar-refractivity contribution >= 4 is 39.1 Å². The second-order valence-corrected chi connectivity index (χ2v) is 10.5. The average molecular weight is 532 g/mol. The topological polar surface area (TPSA) is 86.8 Å². The molecule has 3 aromatic rings. The number of carbonyl (C=O) groups excluding carboxylic acids is 2. The van der Waals surface area contributed by atoms with Crippen molar-refractivity contribution in [2.75, 3.05) is 17.9 Å². The monoisotopic (exact) mass is 531 g/mol. The maximum Gasteiger partial charge on any atom is 0.264 e. The molecule has 3 rings (SSSR count). The summed E-state index contributed by atoms with van der Waals surface area (Å²) in [6.07, 6.45) is 0. The molecule has 3 aromatic carbocycles. The van der Waals surface area contributed by atoms with Crippen LogP contribution < -0.4 is 9.62 Å². The van der Waals surface area contributed by atoms with E-state index in [2.05, 4.69) is 5.32 Å². The lowest BCUT2D eigenvalue weighted by Gasteiger charge is -2.32. The van der Waals surface area contributed by atoms with Gasteiger partial charge in [-0.3, -0.25) is 13.9 Å². The molecule has 1 atom stereocenters. The average Bonchev–Trinajstić information content (AvgIpc) is 2.86. The van der Waals surface area contributed by atoms with E-state index >= 15 is 0 Å². The molecule has 36 heavy (non-hydrogen) atoms. The molecule has 0 aliphatic heterocycles. The third-order valence-electron chi connectivity index (χ3n) is 5.72. The minimum Gasteiger partial charge on any atom is -0.357 e. The number of likely N-dealkylation sites (N-methyl/N-ethyl adjacent to an activating group) is 1. The van der Waals surface area contributed by atoms with Gasteiger partial charge in [-0.05, 0) is 67.4 Å². The lowest BCUT2D eigenvalue weighted by atomic mass is 10.1. The van der Waals surface area contributed by atoms with Gasteiger partial charge in [0.1, 0.15) is 18.4 Å². The van der Waals surface area contributed by atoms with Crippen LogP contribution in [0.5, 0.6) is 0 Å². The zero-order valence-corrected chi connectivity index (χ0v) is 21.7. The van der Waals surface area contributed by atoms with Crippen LogP contribution in [0.1, 0.15) is 18.1 Å². The molecule has 0 aliphatic carbocycles. The highest BCUT2D eigenvalue weighted by atomic mass is 35.5. The van der Waals surface area contributed by atoms with Gasteiger partial charge in [0, 0.05) is 18.6 Å². The predicted molar refractivity (Wildman–Crippen MR) is 138 cm³/mol. The maximum absolute atomic E-state index is 13.7. The molecule has 0 radical (unpaired) electrons. The summed E-state index contributed by atoms with van der Waals surface area (Å²) in [6.45, 7) is 2.65. The van der Waals surface area contributed by atoms with Gasteiger partial charge in [-0.1, -0.05) is 41.9 Å². The van der Waals surface area contributed by atoms with Gasteiger partial charge in [0.2, 0.25) is 11.8 Å². The molecule has 190 valence electrons. The van der Waals surface area contributed by atoms with Crippen LogP contribution in [-0.4, -0.2) is 44.8 Å². The summed E-state index contributed by atoms with van der Waals surface area (Å²) in [6, 6.07) is 17.1. The lowest BCUT2D eigenvalue weighted by molar-refractivity contribution is -0.139. The van der Waals surface area contributed by atoms with Crippen molar-refractivity contribution in [2.24, 2.45) is 0 Å². The largest absolute Gasteiger partial charge is 0.357 e. The van der Waals surface area contributed by atoms with Gasteiger partial charge in [0.15, 0.2) is 0 Å². The van der Waals surface area contributed by atoms with E-state index in [1.807, 2.05) is 0 Å². The highest BCUT2D eigenvalue weighted by Crippen LogP contribution is 2.29. The van der Waals surface area contributed by atoms with Crippen LogP contribution in [-0.2, 0) is 26.2 Å². The van der Waals surface area contributed by atoms with Crippen LogP contribution in [0.25, 0.3) is 0 Å². The molecule has 0 spiro atoms. The number of amides is 2. The van der Waals surface area contributed by atoms with E-state index in [1.165, 1.54) is 54.4 Å². The number of rotatable bonds is 9. The van der Waals surface area contributed by atoms with Crippen LogP contribution in [0.4, 0.5) is 10.1 Å². The zero-order valence-electron chi connectivity index (χ0n) is 20.1. The van der Waals surface area contributed by atoms with Gasteiger partial charge in [0.05, 0.1) is 10.6 Å². The fourth-order valence-electron chi connectivity index (χ4n) is 3.71. The second-order valence-electron chi connectivity index (χ2n) is 8.19. The molecule has 10 heteroatoms. The highest BCUT2D eigenvalue weighted by molar-refractivity contribution is 7.92. The number of hydrogen-bond acceptors (Lipinski definition) is 4. The van der Waals surface area contributed by atoms with Crippen molar-refractivity contribution in [3.63, 3.8) is 0 Å². The smallest absolute Gasteiger partial charge is 0.264 e. The summed E-state index contributed by atoms with van der Waals surface area (Å²) >= 11 is 6.09. The number of nitrogens with zero attached hydrogens (tertiary/aromatic N) is 2. The number of anilines is 1. The fraction of sp³-hybridized carbons (Fsp3) is 0.231. The van der Waals surface area contributed by atoms with Gasteiger partial charge < -0.3 is 10.2 Å². The van der Waals surface area contributed by atoms with Gasteiger partial charge >= 0.3 is 0 Å². The van der Waals surface area contributed by atoms with Gasteiger partial charge in [-0.2, -0.15) is 0 Å². The van der Waals surface area contributed by atoms with Crippen molar-refractivity contribution in [3.05, 3.63) is 94.8 Å². The molecular weight excluding hydrogens is 505 g/mol. The van der Waals surface area contributed by atoms with E-state index in [0.717, 1.165) is 4.31 Å². The maximum atomic E-state index is 13.7. The first-order valence-electron chi connectivity index (χ1n) is 11.1. The number of nitrogens with one attached hydrogen (secondary N) is 1. The summed E-state index contributed by atoms with van der Waals surface area (Å²) in [5, 5.41) is 2.93. The second kappa shape index (κ2) is 11.5. The molecule has 0 aromatic heterocycles. The molecule has 1 N–H and O–H groups in total. The first kappa shape index (κ1) is 27.2. The van der Waals surface area contributed by atoms with Gasteiger partial charge in [-0.15, -0.1) is 0 Å². The Bertz CT molecular complexity index is 1340. The quantitative estimate of drug-likeness (QED) is 0.449. The Kier molecular flexibility index (Phi) is 8.70. The van der Waals surface area contributed by atoms with E-state index in [4.69, 9.17) is 11.6 Å². The number of benzene rings is 3. The Balaban J connectivity index is 2.05. The molecule has 2 amide bonds. The van der Waals surface area contributed by atoms with E-state index in [1.54, 1.807) is 44.2 Å². The number of halogens is 2. The van der Waals surface area contributed by atoms with Crippen LogP contribution in [0.3, 0.4) is 0 Å². The van der Waals surface area contributed by atoms with Crippen molar-refractivity contribution in [1.29, 1.82) is 0 Å². The van der Waals surface area contributed by atoms with Gasteiger partial charge in [0.25, 0.3) is 10.0 Å². The summed E-state index contributed by atoms with van der Waals surface area (Å²) in [7, 11) is -2.71. The van der Waals surface area contributed by atoms with Crippen LogP contribution in [0.15, 0.2) is 77.7 Å². The predicted octanol–water partition coefficient (Wildman–Crippen LogP) is 4.15. The number of aryl methyl sites for hydroxylation is 1. The van der Waals surface area contributed by atoms with Crippen molar-refractivity contribution in [3.8, 4) is 0 Å². The van der Waals surface area contributed by atoms with Crippen LogP contribution in [0, 0.1) is 12.7 Å². The van der Waals surface area contributed by atoms with Crippen molar-refractivity contribution < 1.29 is 22.4 Å². The Morgan fingerprint density at radius 3 is 2.25 bits per heavy atom. The Labute approximate surface area is 215 Å². The first-order chi connectivity index (χ1) is 17.0. The number of hydrogen-bond donors (Lipinski definition) is 1. The molecule has 0 saturated heterocycles. The summed E-state index contributed by atoms with van der Waals surface area (Å²) in [5.41, 5.74) is 1.42. The summed E-state index contributed by atoms with van der Waals surface area (Å²) in [5.74, 6) is -1.47. The molecular formula is C26H27ClFN3O4S. The Morgan fingerprint density at radius 1 is 1.03 bits per heavy atom. The molecule has 0 unspecified atom stereocenters. The summed E-state index contributed by atoms with van der Waals surface area (Å²) < 4.78 is 41.8. The lowest BCUT2D eigenvalue weighted by Crippen LogP contribution is -2.50. The van der Waals surface area contributed by atoms with E-state index < -0.39 is 40.2 Å². The van der Waals surface area contributed by atoms with E-state index in [9.17, 15) is 22.4 Å². The molecule has 0 bridgehead atoms. The van der Waals surface area contributed by atoms with Crippen molar-refractivity contribution in [1.82, 2.24) is 10.2 Å². The Morgan fingerprint density at radius 2 is 1.67 bits per heavy atom. The minimum absolute atomic E-state index is 0.0107. The highest BCUT2D eigenvalue weighted by Gasteiger charge is 2.32. The van der Waals surface area contributed by atoms with Gasteiger partial charge in [-0.25, -0.2) is 12.8 Å². The van der Waals surface area contributed by atoms with Crippen LogP contribution in [0.2, 0.25) is 5.02 Å².